The standard InChI is InChI=1S/C23H22N4O4S/c1-15-9-10-19(13-21(15)32(29,30)24-14-18-7-5-4-6-8-18)20-11-12-22(28)27(25-20)23-16(2)26-31-17(23)3/h4-13,24H,14H2,1-3H3. The van der Waals surface area contributed by atoms with E-state index in [2.05, 4.69) is 15.0 Å². The molecule has 0 radical (unpaired) electrons. The fourth-order valence-electron chi connectivity index (χ4n) is 3.41. The Bertz CT molecular complexity index is 1420. The molecule has 2 heterocycles. The number of hydrogen-bond donors (Lipinski definition) is 1. The average Bonchev–Trinajstić information content (AvgIpc) is 3.12. The Kier molecular flexibility index (Phi) is 5.77. The van der Waals surface area contributed by atoms with Gasteiger partial charge in [-0.25, -0.2) is 13.1 Å². The molecule has 0 saturated heterocycles. The lowest BCUT2D eigenvalue weighted by atomic mass is 10.1. The second-order valence-electron chi connectivity index (χ2n) is 7.43. The molecule has 4 aromatic rings. The molecule has 32 heavy (non-hydrogen) atoms. The summed E-state index contributed by atoms with van der Waals surface area (Å²) in [4.78, 5) is 12.6. The van der Waals surface area contributed by atoms with Gasteiger partial charge in [0.15, 0.2) is 5.76 Å². The predicted molar refractivity (Wildman–Crippen MR) is 120 cm³/mol. The quantitative estimate of drug-likeness (QED) is 0.483. The van der Waals surface area contributed by atoms with Gasteiger partial charge >= 0.3 is 0 Å². The SMILES string of the molecule is Cc1ccc(-c2ccc(=O)n(-c3c(C)noc3C)n2)cc1S(=O)(=O)NCc1ccccc1. The molecule has 0 atom stereocenters. The summed E-state index contributed by atoms with van der Waals surface area (Å²) in [5.74, 6) is 0.464. The van der Waals surface area contributed by atoms with Crippen LogP contribution in [-0.2, 0) is 16.6 Å². The summed E-state index contributed by atoms with van der Waals surface area (Å²) in [7, 11) is -3.77. The van der Waals surface area contributed by atoms with Gasteiger partial charge in [-0.15, -0.1) is 0 Å². The molecular formula is C23H22N4O4S. The van der Waals surface area contributed by atoms with Crippen molar-refractivity contribution in [2.45, 2.75) is 32.2 Å². The van der Waals surface area contributed by atoms with E-state index in [1.807, 2.05) is 30.3 Å². The van der Waals surface area contributed by atoms with Gasteiger partial charge in [-0.3, -0.25) is 4.79 Å². The van der Waals surface area contributed by atoms with Crippen molar-refractivity contribution in [3.05, 3.63) is 93.6 Å². The van der Waals surface area contributed by atoms with Crippen LogP contribution in [0.4, 0.5) is 0 Å². The van der Waals surface area contributed by atoms with Crippen molar-refractivity contribution in [1.29, 1.82) is 0 Å². The molecule has 0 unspecified atom stereocenters. The van der Waals surface area contributed by atoms with E-state index in [9.17, 15) is 13.2 Å². The van der Waals surface area contributed by atoms with Gasteiger partial charge in [-0.2, -0.15) is 9.78 Å². The fourth-order valence-corrected chi connectivity index (χ4v) is 4.69. The third kappa shape index (κ3) is 4.25. The van der Waals surface area contributed by atoms with Crippen LogP contribution < -0.4 is 10.3 Å². The molecule has 0 fully saturated rings. The minimum atomic E-state index is -3.77. The topological polar surface area (TPSA) is 107 Å². The minimum Gasteiger partial charge on any atom is -0.359 e. The van der Waals surface area contributed by atoms with Crippen molar-refractivity contribution in [3.63, 3.8) is 0 Å². The Morgan fingerprint density at radius 3 is 2.44 bits per heavy atom. The van der Waals surface area contributed by atoms with Gasteiger partial charge in [-0.05, 0) is 44.0 Å². The molecule has 0 spiro atoms. The van der Waals surface area contributed by atoms with Gasteiger partial charge in [0.1, 0.15) is 11.4 Å². The first-order chi connectivity index (χ1) is 15.3. The molecule has 2 aromatic heterocycles. The summed E-state index contributed by atoms with van der Waals surface area (Å²) in [6, 6.07) is 17.3. The molecule has 0 aliphatic heterocycles. The molecule has 0 amide bonds. The van der Waals surface area contributed by atoms with Crippen molar-refractivity contribution >= 4 is 10.0 Å². The van der Waals surface area contributed by atoms with Crippen LogP contribution >= 0.6 is 0 Å². The molecule has 0 aliphatic carbocycles. The Labute approximate surface area is 185 Å². The minimum absolute atomic E-state index is 0.155. The van der Waals surface area contributed by atoms with Crippen LogP contribution in [0.25, 0.3) is 16.9 Å². The van der Waals surface area contributed by atoms with Crippen LogP contribution in [0.2, 0.25) is 0 Å². The summed E-state index contributed by atoms with van der Waals surface area (Å²) in [6.07, 6.45) is 0. The van der Waals surface area contributed by atoms with E-state index in [1.165, 1.54) is 10.7 Å². The predicted octanol–water partition coefficient (Wildman–Crippen LogP) is 3.29. The molecule has 4 rings (SSSR count). The summed E-state index contributed by atoms with van der Waals surface area (Å²) in [5, 5.41) is 8.32. The number of sulfonamides is 1. The average molecular weight is 451 g/mol. The van der Waals surface area contributed by atoms with Crippen LogP contribution in [0.3, 0.4) is 0 Å². The first-order valence-corrected chi connectivity index (χ1v) is 11.4. The highest BCUT2D eigenvalue weighted by molar-refractivity contribution is 7.89. The molecule has 2 aromatic carbocycles. The smallest absolute Gasteiger partial charge is 0.271 e. The van der Waals surface area contributed by atoms with Crippen molar-refractivity contribution in [2.75, 3.05) is 0 Å². The Morgan fingerprint density at radius 2 is 1.75 bits per heavy atom. The van der Waals surface area contributed by atoms with Gasteiger partial charge in [-0.1, -0.05) is 47.6 Å². The summed E-state index contributed by atoms with van der Waals surface area (Å²) < 4.78 is 35.0. The first kappa shape index (κ1) is 21.7. The molecule has 164 valence electrons. The Morgan fingerprint density at radius 1 is 1.00 bits per heavy atom. The molecule has 8 nitrogen and oxygen atoms in total. The lowest BCUT2D eigenvalue weighted by Crippen LogP contribution is -2.24. The molecule has 0 aliphatic rings. The number of aromatic nitrogens is 3. The van der Waals surface area contributed by atoms with Crippen molar-refractivity contribution in [3.8, 4) is 16.9 Å². The lowest BCUT2D eigenvalue weighted by molar-refractivity contribution is 0.392. The van der Waals surface area contributed by atoms with E-state index < -0.39 is 10.0 Å². The normalized spacial score (nSPS) is 11.6. The zero-order valence-corrected chi connectivity index (χ0v) is 18.7. The second kappa shape index (κ2) is 8.52. The monoisotopic (exact) mass is 450 g/mol. The van der Waals surface area contributed by atoms with Gasteiger partial charge < -0.3 is 4.52 Å². The highest BCUT2D eigenvalue weighted by atomic mass is 32.2. The summed E-state index contributed by atoms with van der Waals surface area (Å²) in [5.41, 5.74) is 3.15. The fraction of sp³-hybridized carbons (Fsp3) is 0.174. The van der Waals surface area contributed by atoms with Crippen LogP contribution in [0.5, 0.6) is 0 Å². The third-order valence-corrected chi connectivity index (χ3v) is 6.63. The number of rotatable bonds is 6. The Balaban J connectivity index is 1.72. The molecule has 0 saturated carbocycles. The maximum atomic E-state index is 13.0. The summed E-state index contributed by atoms with van der Waals surface area (Å²) in [6.45, 7) is 5.34. The van der Waals surface area contributed by atoms with Gasteiger partial charge in [0.05, 0.1) is 10.6 Å². The molecule has 1 N–H and O–H groups in total. The maximum absolute atomic E-state index is 13.0. The number of nitrogens with zero attached hydrogens (tertiary/aromatic N) is 3. The van der Waals surface area contributed by atoms with E-state index >= 15 is 0 Å². The summed E-state index contributed by atoms with van der Waals surface area (Å²) >= 11 is 0. The van der Waals surface area contributed by atoms with Crippen molar-refractivity contribution in [1.82, 2.24) is 19.7 Å². The number of aryl methyl sites for hydroxylation is 3. The van der Waals surface area contributed by atoms with E-state index in [-0.39, 0.29) is 17.0 Å². The van der Waals surface area contributed by atoms with Crippen LogP contribution in [0.1, 0.15) is 22.6 Å². The number of benzene rings is 2. The Hall–Kier alpha value is -3.56. The number of nitrogens with one attached hydrogen (secondary N) is 1. The lowest BCUT2D eigenvalue weighted by Gasteiger charge is -2.12. The third-order valence-electron chi connectivity index (χ3n) is 5.09. The second-order valence-corrected chi connectivity index (χ2v) is 9.17. The van der Waals surface area contributed by atoms with E-state index in [0.717, 1.165) is 5.56 Å². The van der Waals surface area contributed by atoms with Crippen LogP contribution in [0, 0.1) is 20.8 Å². The van der Waals surface area contributed by atoms with E-state index in [0.29, 0.717) is 34.0 Å². The van der Waals surface area contributed by atoms with Crippen LogP contribution in [0.15, 0.2) is 74.9 Å². The van der Waals surface area contributed by atoms with Gasteiger partial charge in [0, 0.05) is 18.2 Å². The largest absolute Gasteiger partial charge is 0.359 e. The number of hydrogen-bond acceptors (Lipinski definition) is 6. The first-order valence-electron chi connectivity index (χ1n) is 9.94. The van der Waals surface area contributed by atoms with Crippen molar-refractivity contribution in [2.24, 2.45) is 0 Å². The maximum Gasteiger partial charge on any atom is 0.271 e. The van der Waals surface area contributed by atoms with E-state index in [4.69, 9.17) is 4.52 Å². The zero-order chi connectivity index (χ0) is 22.9. The van der Waals surface area contributed by atoms with Crippen LogP contribution in [-0.4, -0.2) is 23.4 Å². The van der Waals surface area contributed by atoms with E-state index in [1.54, 1.807) is 45.0 Å². The van der Waals surface area contributed by atoms with Crippen molar-refractivity contribution < 1.29 is 12.9 Å². The molecular weight excluding hydrogens is 428 g/mol. The highest BCUT2D eigenvalue weighted by Crippen LogP contribution is 2.24. The highest BCUT2D eigenvalue weighted by Gasteiger charge is 2.19. The molecule has 0 bridgehead atoms. The zero-order valence-electron chi connectivity index (χ0n) is 17.9. The van der Waals surface area contributed by atoms with Gasteiger partial charge in [0.25, 0.3) is 5.56 Å². The van der Waals surface area contributed by atoms with Gasteiger partial charge in [0.2, 0.25) is 10.0 Å². The molecule has 9 heteroatoms.